The fourth-order valence-corrected chi connectivity index (χ4v) is 2.34. The Labute approximate surface area is 178 Å². The molecule has 0 aliphatic heterocycles. The van der Waals surface area contributed by atoms with E-state index in [0.29, 0.717) is 12.1 Å². The molecule has 0 aromatic heterocycles. The highest BCUT2D eigenvalue weighted by molar-refractivity contribution is 5.89. The molecule has 1 aromatic carbocycles. The Morgan fingerprint density at radius 3 is 2.20 bits per heavy atom. The second-order valence-corrected chi connectivity index (χ2v) is 7.77. The van der Waals surface area contributed by atoms with Gasteiger partial charge in [-0.05, 0) is 53.0 Å². The van der Waals surface area contributed by atoms with E-state index in [1.807, 2.05) is 37.1 Å². The minimum absolute atomic E-state index is 0.0170. The Morgan fingerprint density at radius 2 is 1.67 bits per heavy atom. The first-order valence-corrected chi connectivity index (χ1v) is 9.71. The number of carbonyl (C=O) groups is 4. The van der Waals surface area contributed by atoms with Gasteiger partial charge in [0.15, 0.2) is 0 Å². The quantitative estimate of drug-likeness (QED) is 0.363. The van der Waals surface area contributed by atoms with Crippen molar-refractivity contribution in [2.45, 2.75) is 71.9 Å². The highest BCUT2D eigenvalue weighted by Crippen LogP contribution is 2.10. The molecule has 0 heterocycles. The largest absolute Gasteiger partial charge is 0.460 e. The smallest absolute Gasteiger partial charge is 0.306 e. The van der Waals surface area contributed by atoms with Crippen molar-refractivity contribution in [3.63, 3.8) is 0 Å². The van der Waals surface area contributed by atoms with E-state index in [9.17, 15) is 14.4 Å². The van der Waals surface area contributed by atoms with Crippen molar-refractivity contribution in [1.82, 2.24) is 10.7 Å². The fraction of sp³-hybridized carbons (Fsp3) is 0.500. The summed E-state index contributed by atoms with van der Waals surface area (Å²) in [5.41, 5.74) is 3.53. The lowest BCUT2D eigenvalue weighted by atomic mass is 10.1. The van der Waals surface area contributed by atoms with E-state index in [-0.39, 0.29) is 25.2 Å². The van der Waals surface area contributed by atoms with Crippen LogP contribution in [0.25, 0.3) is 0 Å². The van der Waals surface area contributed by atoms with Gasteiger partial charge in [-0.1, -0.05) is 30.3 Å². The van der Waals surface area contributed by atoms with E-state index in [0.717, 1.165) is 5.56 Å². The van der Waals surface area contributed by atoms with Gasteiger partial charge < -0.3 is 14.8 Å². The number of aryl methyl sites for hydroxylation is 1. The molecule has 0 aliphatic carbocycles. The number of carbonyl (C=O) groups excluding carboxylic acids is 4. The molecular weight excluding hydrogens is 386 g/mol. The number of nitrogens with one attached hydrogen (secondary N) is 2. The van der Waals surface area contributed by atoms with Crippen LogP contribution in [0, 0.1) is 0 Å². The van der Waals surface area contributed by atoms with E-state index >= 15 is 0 Å². The molecule has 0 bridgehead atoms. The summed E-state index contributed by atoms with van der Waals surface area (Å²) in [4.78, 5) is 44.6. The molecule has 166 valence electrons. The fourth-order valence-electron chi connectivity index (χ4n) is 2.34. The predicted octanol–water partition coefficient (Wildman–Crippen LogP) is 2.55. The van der Waals surface area contributed by atoms with Crippen LogP contribution in [0.15, 0.2) is 35.4 Å². The van der Waals surface area contributed by atoms with Gasteiger partial charge in [0, 0.05) is 18.6 Å². The molecular formula is C22H33N3O5. The monoisotopic (exact) mass is 419 g/mol. The van der Waals surface area contributed by atoms with Crippen LogP contribution >= 0.6 is 0 Å². The maximum atomic E-state index is 12.4. The topological polar surface area (TPSA) is 114 Å². The maximum Gasteiger partial charge on any atom is 0.306 e. The lowest BCUT2D eigenvalue weighted by Crippen LogP contribution is -2.46. The van der Waals surface area contributed by atoms with Crippen molar-refractivity contribution < 1.29 is 23.9 Å². The van der Waals surface area contributed by atoms with Crippen molar-refractivity contribution in [3.05, 3.63) is 35.9 Å². The summed E-state index contributed by atoms with van der Waals surface area (Å²) in [5.74, 6) is -1.14. The summed E-state index contributed by atoms with van der Waals surface area (Å²) < 4.78 is 5.27. The minimum Gasteiger partial charge on any atom is -0.460 e. The maximum absolute atomic E-state index is 12.4. The second kappa shape index (κ2) is 14.0. The van der Waals surface area contributed by atoms with Gasteiger partial charge in [0.05, 0.1) is 0 Å². The second-order valence-electron chi connectivity index (χ2n) is 7.77. The molecule has 0 radical (unpaired) electrons. The number of hydrogen-bond donors (Lipinski definition) is 2. The summed E-state index contributed by atoms with van der Waals surface area (Å²) in [5, 5.41) is 6.58. The van der Waals surface area contributed by atoms with Crippen LogP contribution in [0.5, 0.6) is 0 Å². The number of nitrogens with zero attached hydrogens (tertiary/aromatic N) is 1. The van der Waals surface area contributed by atoms with Crippen molar-refractivity contribution >= 4 is 30.3 Å². The third-order valence-electron chi connectivity index (χ3n) is 3.58. The van der Waals surface area contributed by atoms with Gasteiger partial charge in [0.25, 0.3) is 5.91 Å². The molecule has 1 rings (SSSR count). The Hall–Kier alpha value is -3.03. The van der Waals surface area contributed by atoms with Gasteiger partial charge in [-0.15, -0.1) is 0 Å². The molecule has 1 atom stereocenters. The van der Waals surface area contributed by atoms with Gasteiger partial charge in [0.2, 0.25) is 5.91 Å². The molecule has 0 spiro atoms. The Morgan fingerprint density at radius 1 is 1.07 bits per heavy atom. The van der Waals surface area contributed by atoms with Crippen molar-refractivity contribution in [2.75, 3.05) is 0 Å². The molecule has 2 amide bonds. The zero-order valence-corrected chi connectivity index (χ0v) is 18.5. The van der Waals surface area contributed by atoms with Gasteiger partial charge in [-0.2, -0.15) is 5.10 Å². The first kappa shape index (κ1) is 27.0. The molecule has 8 nitrogen and oxygen atoms in total. The summed E-state index contributed by atoms with van der Waals surface area (Å²) in [6.45, 7) is 10.8. The normalized spacial score (nSPS) is 11.2. The third-order valence-corrected chi connectivity index (χ3v) is 3.58. The van der Waals surface area contributed by atoms with Crippen molar-refractivity contribution in [2.24, 2.45) is 5.10 Å². The standard InChI is InChI=1S/C21H31N3O4.CH2O/c1-15(2)23-24-20(27)17(12-14-19(26)28-21(3,4)5)22-18(25)13-11-16-9-7-6-8-10-16;1-2/h6-10,17H,11-14H2,1-5H3,(H,22,25)(H,24,27);1H2. The zero-order valence-electron chi connectivity index (χ0n) is 18.5. The van der Waals surface area contributed by atoms with Crippen LogP contribution in [0.2, 0.25) is 0 Å². The van der Waals surface area contributed by atoms with Crippen LogP contribution in [-0.4, -0.2) is 41.9 Å². The Balaban J connectivity index is 0.00000407. The zero-order chi connectivity index (χ0) is 23.2. The lowest BCUT2D eigenvalue weighted by Gasteiger charge is -2.21. The molecule has 30 heavy (non-hydrogen) atoms. The number of rotatable bonds is 9. The number of ether oxygens (including phenoxy) is 1. The van der Waals surface area contributed by atoms with Gasteiger partial charge in [0.1, 0.15) is 18.4 Å². The molecule has 0 saturated carbocycles. The lowest BCUT2D eigenvalue weighted by molar-refractivity contribution is -0.155. The van der Waals surface area contributed by atoms with E-state index in [2.05, 4.69) is 15.8 Å². The van der Waals surface area contributed by atoms with E-state index in [1.165, 1.54) is 0 Å². The predicted molar refractivity (Wildman–Crippen MR) is 116 cm³/mol. The van der Waals surface area contributed by atoms with Crippen molar-refractivity contribution in [3.8, 4) is 0 Å². The van der Waals surface area contributed by atoms with Crippen molar-refractivity contribution in [1.29, 1.82) is 0 Å². The first-order chi connectivity index (χ1) is 14.1. The minimum atomic E-state index is -0.862. The number of esters is 1. The summed E-state index contributed by atoms with van der Waals surface area (Å²) >= 11 is 0. The third kappa shape index (κ3) is 13.2. The summed E-state index contributed by atoms with van der Waals surface area (Å²) in [6, 6.07) is 8.76. The highest BCUT2D eigenvalue weighted by atomic mass is 16.6. The number of amides is 2. The van der Waals surface area contributed by atoms with E-state index < -0.39 is 23.5 Å². The van der Waals surface area contributed by atoms with Gasteiger partial charge in [-0.3, -0.25) is 14.4 Å². The molecule has 0 aliphatic rings. The van der Waals surface area contributed by atoms with Crippen LogP contribution < -0.4 is 10.7 Å². The van der Waals surface area contributed by atoms with E-state index in [4.69, 9.17) is 9.53 Å². The average Bonchev–Trinajstić information content (AvgIpc) is 2.68. The van der Waals surface area contributed by atoms with E-state index in [1.54, 1.807) is 34.6 Å². The highest BCUT2D eigenvalue weighted by Gasteiger charge is 2.23. The summed E-state index contributed by atoms with van der Waals surface area (Å²) in [7, 11) is 0. The van der Waals surface area contributed by atoms with Gasteiger partial charge in [-0.25, -0.2) is 5.43 Å². The van der Waals surface area contributed by atoms with Crippen LogP contribution in [-0.2, 0) is 30.3 Å². The molecule has 8 heteroatoms. The molecule has 2 N–H and O–H groups in total. The molecule has 1 aromatic rings. The number of benzene rings is 1. The SMILES string of the molecule is C=O.CC(C)=NNC(=O)C(CCC(=O)OC(C)(C)C)NC(=O)CCc1ccccc1. The first-order valence-electron chi connectivity index (χ1n) is 9.71. The van der Waals surface area contributed by atoms with Gasteiger partial charge >= 0.3 is 5.97 Å². The molecule has 0 saturated heterocycles. The Bertz CT molecular complexity index is 707. The number of hydrazone groups is 1. The van der Waals surface area contributed by atoms with Crippen LogP contribution in [0.1, 0.15) is 59.4 Å². The Kier molecular flexibility index (Phi) is 12.6. The summed E-state index contributed by atoms with van der Waals surface area (Å²) in [6.07, 6.45) is 0.967. The molecule has 1 unspecified atom stereocenters. The number of hydrogen-bond acceptors (Lipinski definition) is 6. The van der Waals surface area contributed by atoms with Crippen LogP contribution in [0.4, 0.5) is 0 Å². The van der Waals surface area contributed by atoms with Crippen LogP contribution in [0.3, 0.4) is 0 Å². The molecule has 0 fully saturated rings. The average molecular weight is 420 g/mol.